The van der Waals surface area contributed by atoms with E-state index in [9.17, 15) is 4.79 Å². The number of guanidine groups is 1. The maximum atomic E-state index is 12.5. The van der Waals surface area contributed by atoms with Crippen molar-refractivity contribution < 1.29 is 4.79 Å². The number of halogens is 1. The van der Waals surface area contributed by atoms with Gasteiger partial charge in [-0.2, -0.15) is 0 Å². The summed E-state index contributed by atoms with van der Waals surface area (Å²) in [5, 5.41) is 14.9. The molecule has 4 rings (SSSR count). The molecule has 2 heterocycles. The van der Waals surface area contributed by atoms with Crippen LogP contribution in [0.3, 0.4) is 0 Å². The highest BCUT2D eigenvalue weighted by Gasteiger charge is 2.31. The molecule has 2 aromatic carbocycles. The number of carbonyl (C=O) groups is 1. The number of nitrogens with zero attached hydrogens (tertiary/aromatic N) is 5. The molecule has 0 aliphatic carbocycles. The van der Waals surface area contributed by atoms with E-state index in [1.54, 1.807) is 6.33 Å². The Morgan fingerprint density at radius 1 is 1.10 bits per heavy atom. The smallest absolute Gasteiger partial charge is 0.229 e. The summed E-state index contributed by atoms with van der Waals surface area (Å²) in [6.07, 6.45) is 2.12. The molecule has 1 amide bonds. The molecule has 1 saturated heterocycles. The predicted molar refractivity (Wildman–Crippen MR) is 132 cm³/mol. The highest BCUT2D eigenvalue weighted by Crippen LogP contribution is 2.21. The average molecular weight is 531 g/mol. The summed E-state index contributed by atoms with van der Waals surface area (Å²) in [5.41, 5.74) is 1.91. The summed E-state index contributed by atoms with van der Waals surface area (Å²) >= 11 is 0. The van der Waals surface area contributed by atoms with E-state index in [2.05, 4.69) is 25.8 Å². The Balaban J connectivity index is 0.00000272. The number of hydrogen-bond acceptors (Lipinski definition) is 4. The quantitative estimate of drug-likeness (QED) is 0.290. The Bertz CT molecular complexity index is 1010. The Hall–Kier alpha value is -2.95. The van der Waals surface area contributed by atoms with Gasteiger partial charge in [-0.15, -0.1) is 34.2 Å². The fourth-order valence-electron chi connectivity index (χ4n) is 3.50. The number of para-hydroxylation sites is 2. The zero-order valence-electron chi connectivity index (χ0n) is 17.3. The van der Waals surface area contributed by atoms with Gasteiger partial charge in [-0.1, -0.05) is 36.4 Å². The predicted octanol–water partition coefficient (Wildman–Crippen LogP) is 2.75. The lowest BCUT2D eigenvalue weighted by atomic mass is 10.2. The van der Waals surface area contributed by atoms with E-state index >= 15 is 0 Å². The van der Waals surface area contributed by atoms with Crippen LogP contribution in [0.15, 0.2) is 72.0 Å². The van der Waals surface area contributed by atoms with Gasteiger partial charge in [0.1, 0.15) is 12.9 Å². The van der Waals surface area contributed by atoms with Gasteiger partial charge in [0.2, 0.25) is 5.91 Å². The monoisotopic (exact) mass is 531 g/mol. The number of benzene rings is 2. The number of aromatic nitrogens is 3. The topological polar surface area (TPSA) is 87.4 Å². The highest BCUT2D eigenvalue weighted by atomic mass is 127. The second kappa shape index (κ2) is 10.9. The Morgan fingerprint density at radius 2 is 1.77 bits per heavy atom. The molecule has 0 bridgehead atoms. The fraction of sp³-hybridized carbons (Fsp3) is 0.273. The van der Waals surface area contributed by atoms with E-state index in [-0.39, 0.29) is 35.9 Å². The lowest BCUT2D eigenvalue weighted by Crippen LogP contribution is -2.44. The normalized spacial score (nSPS) is 16.2. The van der Waals surface area contributed by atoms with Crippen molar-refractivity contribution in [1.82, 2.24) is 25.4 Å². The average Bonchev–Trinajstić information content (AvgIpc) is 3.40. The second-order valence-electron chi connectivity index (χ2n) is 7.03. The largest absolute Gasteiger partial charge is 0.357 e. The third kappa shape index (κ3) is 5.60. The lowest BCUT2D eigenvalue weighted by molar-refractivity contribution is -0.117. The van der Waals surface area contributed by atoms with Gasteiger partial charge in [-0.25, -0.2) is 4.99 Å². The molecular weight excluding hydrogens is 505 g/mol. The van der Waals surface area contributed by atoms with Crippen molar-refractivity contribution in [2.45, 2.75) is 25.9 Å². The van der Waals surface area contributed by atoms with E-state index in [1.807, 2.05) is 77.1 Å². The van der Waals surface area contributed by atoms with Crippen LogP contribution in [0.2, 0.25) is 0 Å². The van der Waals surface area contributed by atoms with Crippen molar-refractivity contribution in [2.24, 2.45) is 4.99 Å². The minimum Gasteiger partial charge on any atom is -0.357 e. The van der Waals surface area contributed by atoms with Crippen LogP contribution < -0.4 is 15.5 Å². The molecule has 1 atom stereocenters. The van der Waals surface area contributed by atoms with Crippen LogP contribution in [0.25, 0.3) is 5.69 Å². The maximum Gasteiger partial charge on any atom is 0.229 e. The van der Waals surface area contributed by atoms with Crippen molar-refractivity contribution in [3.63, 3.8) is 0 Å². The number of aliphatic imine (C=N–C) groups is 1. The number of rotatable bonds is 6. The van der Waals surface area contributed by atoms with E-state index < -0.39 is 0 Å². The molecule has 1 fully saturated rings. The van der Waals surface area contributed by atoms with Gasteiger partial charge in [0.25, 0.3) is 0 Å². The number of nitrogens with one attached hydrogen (secondary N) is 2. The van der Waals surface area contributed by atoms with E-state index in [0.29, 0.717) is 25.5 Å². The Kier molecular flexibility index (Phi) is 7.99. The summed E-state index contributed by atoms with van der Waals surface area (Å²) in [7, 11) is 0. The van der Waals surface area contributed by atoms with E-state index in [4.69, 9.17) is 0 Å². The van der Waals surface area contributed by atoms with Crippen LogP contribution in [-0.4, -0.2) is 45.8 Å². The van der Waals surface area contributed by atoms with Gasteiger partial charge in [-0.05, 0) is 31.2 Å². The Labute approximate surface area is 198 Å². The van der Waals surface area contributed by atoms with Gasteiger partial charge < -0.3 is 15.5 Å². The second-order valence-corrected chi connectivity index (χ2v) is 7.03. The number of anilines is 1. The van der Waals surface area contributed by atoms with E-state index in [1.165, 1.54) is 0 Å². The molecule has 2 N–H and O–H groups in total. The van der Waals surface area contributed by atoms with Crippen LogP contribution in [0.4, 0.5) is 5.69 Å². The van der Waals surface area contributed by atoms with Gasteiger partial charge in [0.05, 0.1) is 6.04 Å². The molecule has 1 aliphatic rings. The minimum absolute atomic E-state index is 0. The first kappa shape index (κ1) is 22.7. The first-order valence-electron chi connectivity index (χ1n) is 10.1. The Morgan fingerprint density at radius 3 is 2.45 bits per heavy atom. The van der Waals surface area contributed by atoms with Crippen LogP contribution in [0, 0.1) is 0 Å². The zero-order chi connectivity index (χ0) is 20.8. The van der Waals surface area contributed by atoms with Gasteiger partial charge in [0, 0.05) is 30.9 Å². The zero-order valence-corrected chi connectivity index (χ0v) is 19.6. The van der Waals surface area contributed by atoms with Gasteiger partial charge >= 0.3 is 0 Å². The van der Waals surface area contributed by atoms with Gasteiger partial charge in [0.15, 0.2) is 11.8 Å². The van der Waals surface area contributed by atoms with E-state index in [0.717, 1.165) is 23.7 Å². The number of amides is 1. The molecule has 1 aromatic heterocycles. The maximum absolute atomic E-state index is 12.5. The molecule has 3 aromatic rings. The lowest BCUT2D eigenvalue weighted by Gasteiger charge is -2.19. The third-order valence-electron chi connectivity index (χ3n) is 4.91. The standard InChI is InChI=1S/C22H25N7O.HI/c1-2-23-22(24-14-20-27-25-16-29(20)19-11-7-4-8-12-19)26-17-13-21(30)28(15-17)18-9-5-3-6-10-18;/h3-12,16-17H,2,13-15H2,1H3,(H2,23,24,26);1H. The molecule has 0 spiro atoms. The summed E-state index contributed by atoms with van der Waals surface area (Å²) in [6.45, 7) is 3.71. The molecular formula is C22H26IN7O. The summed E-state index contributed by atoms with van der Waals surface area (Å²) in [6, 6.07) is 19.7. The summed E-state index contributed by atoms with van der Waals surface area (Å²) in [5.74, 6) is 1.51. The summed E-state index contributed by atoms with van der Waals surface area (Å²) < 4.78 is 1.92. The molecule has 0 radical (unpaired) electrons. The minimum atomic E-state index is -0.0116. The van der Waals surface area contributed by atoms with Crippen molar-refractivity contribution in [1.29, 1.82) is 0 Å². The molecule has 9 heteroatoms. The molecule has 31 heavy (non-hydrogen) atoms. The first-order chi connectivity index (χ1) is 14.7. The first-order valence-corrected chi connectivity index (χ1v) is 10.1. The fourth-order valence-corrected chi connectivity index (χ4v) is 3.50. The van der Waals surface area contributed by atoms with Crippen molar-refractivity contribution in [2.75, 3.05) is 18.0 Å². The molecule has 8 nitrogen and oxygen atoms in total. The SMILES string of the molecule is CCNC(=NCc1nncn1-c1ccccc1)NC1CC(=O)N(c2ccccc2)C1.I. The van der Waals surface area contributed by atoms with Crippen molar-refractivity contribution in [3.05, 3.63) is 72.8 Å². The number of carbonyl (C=O) groups excluding carboxylic acids is 1. The van der Waals surface area contributed by atoms with Crippen molar-refractivity contribution >= 4 is 41.5 Å². The molecule has 162 valence electrons. The number of hydrogen-bond donors (Lipinski definition) is 2. The van der Waals surface area contributed by atoms with Gasteiger partial charge in [-0.3, -0.25) is 9.36 Å². The third-order valence-corrected chi connectivity index (χ3v) is 4.91. The van der Waals surface area contributed by atoms with Crippen LogP contribution in [0.1, 0.15) is 19.2 Å². The van der Waals surface area contributed by atoms with Crippen molar-refractivity contribution in [3.8, 4) is 5.69 Å². The van der Waals surface area contributed by atoms with Crippen LogP contribution in [0.5, 0.6) is 0 Å². The molecule has 1 unspecified atom stereocenters. The highest BCUT2D eigenvalue weighted by molar-refractivity contribution is 14.0. The summed E-state index contributed by atoms with van der Waals surface area (Å²) in [4.78, 5) is 19.0. The van der Waals surface area contributed by atoms with Crippen LogP contribution in [-0.2, 0) is 11.3 Å². The van der Waals surface area contributed by atoms with Crippen LogP contribution >= 0.6 is 24.0 Å². The molecule has 1 aliphatic heterocycles. The molecule has 0 saturated carbocycles.